The number of ether oxygens (including phenoxy) is 1. The summed E-state index contributed by atoms with van der Waals surface area (Å²) >= 11 is 11.5. The molecule has 0 fully saturated rings. The zero-order valence-electron chi connectivity index (χ0n) is 8.63. The molecule has 3 nitrogen and oxygen atoms in total. The van der Waals surface area contributed by atoms with Crippen LogP contribution in [0.25, 0.3) is 0 Å². The Morgan fingerprint density at radius 2 is 2.00 bits per heavy atom. The largest absolute Gasteiger partial charge is 0.466 e. The number of halogens is 2. The van der Waals surface area contributed by atoms with Crippen molar-refractivity contribution in [3.63, 3.8) is 0 Å². The standard InChI is InChI=1S/C11H10Cl2O3/c1-2-16-11(15)6-10(14)8-4-3-7(12)5-9(8)13/h3-5H,2,6H2,1H3. The Balaban J connectivity index is 2.77. The smallest absolute Gasteiger partial charge is 0.313 e. The number of rotatable bonds is 4. The number of hydrogen-bond acceptors (Lipinski definition) is 3. The van der Waals surface area contributed by atoms with Crippen LogP contribution in [0.5, 0.6) is 0 Å². The van der Waals surface area contributed by atoms with E-state index < -0.39 is 5.97 Å². The van der Waals surface area contributed by atoms with Gasteiger partial charge in [0, 0.05) is 10.6 Å². The molecule has 0 aliphatic rings. The van der Waals surface area contributed by atoms with E-state index >= 15 is 0 Å². The van der Waals surface area contributed by atoms with Gasteiger partial charge in [-0.3, -0.25) is 9.59 Å². The first kappa shape index (κ1) is 13.0. The molecular weight excluding hydrogens is 251 g/mol. The molecule has 0 saturated carbocycles. The summed E-state index contributed by atoms with van der Waals surface area (Å²) in [6.45, 7) is 1.93. The summed E-state index contributed by atoms with van der Waals surface area (Å²) in [4.78, 5) is 22.7. The van der Waals surface area contributed by atoms with Crippen LogP contribution < -0.4 is 0 Å². The van der Waals surface area contributed by atoms with E-state index in [-0.39, 0.29) is 29.4 Å². The van der Waals surface area contributed by atoms with E-state index in [0.717, 1.165) is 0 Å². The highest BCUT2D eigenvalue weighted by atomic mass is 35.5. The minimum atomic E-state index is -0.557. The Kier molecular flexibility index (Phi) is 4.77. The SMILES string of the molecule is CCOC(=O)CC(=O)c1ccc(Cl)cc1Cl. The molecule has 1 aromatic rings. The predicted molar refractivity (Wildman–Crippen MR) is 62.0 cm³/mol. The fourth-order valence-corrected chi connectivity index (χ4v) is 1.67. The van der Waals surface area contributed by atoms with Gasteiger partial charge in [-0.2, -0.15) is 0 Å². The Bertz CT molecular complexity index is 416. The van der Waals surface area contributed by atoms with Crippen LogP contribution >= 0.6 is 23.2 Å². The highest BCUT2D eigenvalue weighted by Gasteiger charge is 2.15. The fraction of sp³-hybridized carbons (Fsp3) is 0.273. The molecule has 0 aliphatic heterocycles. The normalized spacial score (nSPS) is 9.94. The van der Waals surface area contributed by atoms with E-state index in [1.54, 1.807) is 13.0 Å². The lowest BCUT2D eigenvalue weighted by Gasteiger charge is -2.03. The molecule has 0 amide bonds. The first-order valence-corrected chi connectivity index (χ1v) is 5.44. The first-order valence-electron chi connectivity index (χ1n) is 4.68. The van der Waals surface area contributed by atoms with Gasteiger partial charge in [-0.15, -0.1) is 0 Å². The predicted octanol–water partition coefficient (Wildman–Crippen LogP) is 3.13. The van der Waals surface area contributed by atoms with Crippen molar-refractivity contribution in [2.24, 2.45) is 0 Å². The van der Waals surface area contributed by atoms with Gasteiger partial charge in [-0.05, 0) is 25.1 Å². The van der Waals surface area contributed by atoms with Gasteiger partial charge in [0.05, 0.1) is 11.6 Å². The van der Waals surface area contributed by atoms with Crippen LogP contribution in [-0.4, -0.2) is 18.4 Å². The summed E-state index contributed by atoms with van der Waals surface area (Å²) in [7, 11) is 0. The van der Waals surface area contributed by atoms with Crippen molar-refractivity contribution in [3.8, 4) is 0 Å². The number of ketones is 1. The van der Waals surface area contributed by atoms with Gasteiger partial charge in [0.1, 0.15) is 6.42 Å². The first-order chi connectivity index (χ1) is 7.54. The molecule has 0 unspecified atom stereocenters. The summed E-state index contributed by atoms with van der Waals surface area (Å²) < 4.78 is 4.67. The monoisotopic (exact) mass is 260 g/mol. The van der Waals surface area contributed by atoms with Gasteiger partial charge in [0.15, 0.2) is 5.78 Å². The quantitative estimate of drug-likeness (QED) is 0.475. The zero-order valence-corrected chi connectivity index (χ0v) is 10.1. The van der Waals surface area contributed by atoms with Crippen molar-refractivity contribution < 1.29 is 14.3 Å². The highest BCUT2D eigenvalue weighted by molar-refractivity contribution is 6.37. The molecule has 86 valence electrons. The van der Waals surface area contributed by atoms with Crippen LogP contribution in [-0.2, 0) is 9.53 Å². The third-order valence-corrected chi connectivity index (χ3v) is 2.39. The lowest BCUT2D eigenvalue weighted by Crippen LogP contribution is -2.11. The van der Waals surface area contributed by atoms with Crippen LogP contribution in [0, 0.1) is 0 Å². The van der Waals surface area contributed by atoms with Gasteiger partial charge in [0.2, 0.25) is 0 Å². The van der Waals surface area contributed by atoms with Gasteiger partial charge >= 0.3 is 5.97 Å². The summed E-state index contributed by atoms with van der Waals surface area (Å²) in [5.41, 5.74) is 0.277. The molecule has 16 heavy (non-hydrogen) atoms. The fourth-order valence-electron chi connectivity index (χ4n) is 1.15. The average Bonchev–Trinajstić information content (AvgIpc) is 2.17. The molecule has 0 aliphatic carbocycles. The summed E-state index contributed by atoms with van der Waals surface area (Å²) in [6, 6.07) is 4.50. The maximum Gasteiger partial charge on any atom is 0.313 e. The molecule has 0 atom stereocenters. The van der Waals surface area contributed by atoms with Gasteiger partial charge in [-0.1, -0.05) is 23.2 Å². The Labute approximate surface area is 103 Å². The maximum atomic E-state index is 11.6. The molecular formula is C11H10Cl2O3. The van der Waals surface area contributed by atoms with Crippen LogP contribution in [0.3, 0.4) is 0 Å². The third kappa shape index (κ3) is 3.51. The molecule has 0 spiro atoms. The summed E-state index contributed by atoms with van der Waals surface area (Å²) in [5.74, 6) is -0.932. The number of benzene rings is 1. The molecule has 0 radical (unpaired) electrons. The van der Waals surface area contributed by atoms with Crippen LogP contribution in [0.4, 0.5) is 0 Å². The number of carbonyl (C=O) groups excluding carboxylic acids is 2. The van der Waals surface area contributed by atoms with E-state index in [4.69, 9.17) is 23.2 Å². The van der Waals surface area contributed by atoms with E-state index in [0.29, 0.717) is 5.02 Å². The van der Waals surface area contributed by atoms with Gasteiger partial charge in [-0.25, -0.2) is 0 Å². The molecule has 1 rings (SSSR count). The van der Waals surface area contributed by atoms with Gasteiger partial charge < -0.3 is 4.74 Å². The third-order valence-electron chi connectivity index (χ3n) is 1.84. The van der Waals surface area contributed by atoms with Crippen molar-refractivity contribution in [3.05, 3.63) is 33.8 Å². The van der Waals surface area contributed by atoms with Gasteiger partial charge in [0.25, 0.3) is 0 Å². The average molecular weight is 261 g/mol. The number of carbonyl (C=O) groups is 2. The van der Waals surface area contributed by atoms with Crippen molar-refractivity contribution in [2.75, 3.05) is 6.61 Å². The highest BCUT2D eigenvalue weighted by Crippen LogP contribution is 2.22. The van der Waals surface area contributed by atoms with Crippen LogP contribution in [0.15, 0.2) is 18.2 Å². The van der Waals surface area contributed by atoms with E-state index in [9.17, 15) is 9.59 Å². The molecule has 0 heterocycles. The molecule has 1 aromatic carbocycles. The van der Waals surface area contributed by atoms with Crippen LogP contribution in [0.2, 0.25) is 10.0 Å². The summed E-state index contributed by atoms with van der Waals surface area (Å²) in [6.07, 6.45) is -0.310. The lowest BCUT2D eigenvalue weighted by molar-refractivity contribution is -0.141. The zero-order chi connectivity index (χ0) is 12.1. The molecule has 5 heteroatoms. The van der Waals surface area contributed by atoms with Crippen molar-refractivity contribution >= 4 is 35.0 Å². The van der Waals surface area contributed by atoms with Crippen molar-refractivity contribution in [1.82, 2.24) is 0 Å². The lowest BCUT2D eigenvalue weighted by atomic mass is 10.1. The topological polar surface area (TPSA) is 43.4 Å². The molecule has 0 aromatic heterocycles. The second-order valence-electron chi connectivity index (χ2n) is 3.03. The minimum absolute atomic E-state index is 0.238. The van der Waals surface area contributed by atoms with Crippen molar-refractivity contribution in [1.29, 1.82) is 0 Å². The van der Waals surface area contributed by atoms with E-state index in [1.807, 2.05) is 0 Å². The number of hydrogen-bond donors (Lipinski definition) is 0. The van der Waals surface area contributed by atoms with E-state index in [1.165, 1.54) is 12.1 Å². The molecule has 0 N–H and O–H groups in total. The molecule has 0 bridgehead atoms. The summed E-state index contributed by atoms with van der Waals surface area (Å²) in [5, 5.41) is 0.680. The minimum Gasteiger partial charge on any atom is -0.466 e. The number of Topliss-reactive ketones (excluding diaryl/α,β-unsaturated/α-hetero) is 1. The maximum absolute atomic E-state index is 11.6. The molecule has 0 saturated heterocycles. The second kappa shape index (κ2) is 5.87. The Morgan fingerprint density at radius 1 is 1.31 bits per heavy atom. The van der Waals surface area contributed by atoms with E-state index in [2.05, 4.69) is 4.74 Å². The Hall–Kier alpha value is -1.06. The Morgan fingerprint density at radius 3 is 2.56 bits per heavy atom. The second-order valence-corrected chi connectivity index (χ2v) is 3.87. The van der Waals surface area contributed by atoms with Crippen LogP contribution in [0.1, 0.15) is 23.7 Å². The number of esters is 1. The van der Waals surface area contributed by atoms with Crippen molar-refractivity contribution in [2.45, 2.75) is 13.3 Å².